The van der Waals surface area contributed by atoms with Crippen LogP contribution in [0.25, 0.3) is 0 Å². The number of amides is 1. The van der Waals surface area contributed by atoms with Crippen LogP contribution in [0.15, 0.2) is 0 Å². The predicted molar refractivity (Wildman–Crippen MR) is 66.3 cm³/mol. The quantitative estimate of drug-likeness (QED) is 0.682. The molecule has 0 unspecified atom stereocenters. The first-order chi connectivity index (χ1) is 7.39. The third-order valence-corrected chi connectivity index (χ3v) is 2.07. The van der Waals surface area contributed by atoms with Crippen LogP contribution in [0.1, 0.15) is 34.1 Å². The fourth-order valence-electron chi connectivity index (χ4n) is 1.64. The van der Waals surface area contributed by atoms with E-state index in [1.54, 1.807) is 0 Å². The van der Waals surface area contributed by atoms with Crippen molar-refractivity contribution >= 4 is 5.91 Å². The highest BCUT2D eigenvalue weighted by molar-refractivity contribution is 5.77. The average Bonchev–Trinajstić information content (AvgIpc) is 2.12. The van der Waals surface area contributed by atoms with Crippen molar-refractivity contribution in [2.75, 3.05) is 32.8 Å². The fourth-order valence-corrected chi connectivity index (χ4v) is 1.64. The number of aliphatic hydroxyl groups excluding tert-OH is 1. The lowest BCUT2D eigenvalue weighted by molar-refractivity contribution is -0.122. The summed E-state index contributed by atoms with van der Waals surface area (Å²) in [4.78, 5) is 13.6. The lowest BCUT2D eigenvalue weighted by Gasteiger charge is -2.29. The molecule has 4 nitrogen and oxygen atoms in total. The van der Waals surface area contributed by atoms with E-state index in [0.717, 1.165) is 19.5 Å². The Hall–Kier alpha value is -0.610. The predicted octanol–water partition coefficient (Wildman–Crippen LogP) is 0.853. The zero-order valence-corrected chi connectivity index (χ0v) is 11.0. The van der Waals surface area contributed by atoms with E-state index in [9.17, 15) is 4.79 Å². The second-order valence-corrected chi connectivity index (χ2v) is 5.30. The average molecular weight is 230 g/mol. The molecule has 0 spiro atoms. The fraction of sp³-hybridized carbons (Fsp3) is 0.917. The van der Waals surface area contributed by atoms with E-state index in [0.29, 0.717) is 13.1 Å². The first-order valence-corrected chi connectivity index (χ1v) is 5.99. The van der Waals surface area contributed by atoms with Crippen LogP contribution in [0, 0.1) is 5.41 Å². The van der Waals surface area contributed by atoms with E-state index in [-0.39, 0.29) is 17.9 Å². The van der Waals surface area contributed by atoms with Gasteiger partial charge in [0.15, 0.2) is 0 Å². The molecule has 0 aromatic carbocycles. The summed E-state index contributed by atoms with van der Waals surface area (Å²) in [6.07, 6.45) is 0.718. The van der Waals surface area contributed by atoms with Gasteiger partial charge in [0.05, 0.1) is 6.54 Å². The molecule has 1 amide bonds. The monoisotopic (exact) mass is 230 g/mol. The van der Waals surface area contributed by atoms with Gasteiger partial charge in [0.25, 0.3) is 0 Å². The summed E-state index contributed by atoms with van der Waals surface area (Å²) in [7, 11) is 0. The molecule has 0 radical (unpaired) electrons. The van der Waals surface area contributed by atoms with Crippen molar-refractivity contribution in [3.8, 4) is 0 Å². The third kappa shape index (κ3) is 8.68. The van der Waals surface area contributed by atoms with Crippen molar-refractivity contribution in [3.63, 3.8) is 0 Å². The lowest BCUT2D eigenvalue weighted by Crippen LogP contribution is -2.41. The van der Waals surface area contributed by atoms with Crippen LogP contribution in [0.4, 0.5) is 0 Å². The van der Waals surface area contributed by atoms with Crippen LogP contribution >= 0.6 is 0 Å². The standard InChI is InChI=1S/C12H26N2O2/c1-5-13-11(16)9-14(7-6-8-15)10-12(2,3)4/h15H,5-10H2,1-4H3,(H,13,16). The van der Waals surface area contributed by atoms with Gasteiger partial charge in [-0.05, 0) is 18.8 Å². The summed E-state index contributed by atoms with van der Waals surface area (Å²) in [5.41, 5.74) is 0.169. The lowest BCUT2D eigenvalue weighted by atomic mass is 9.96. The van der Waals surface area contributed by atoms with Gasteiger partial charge in [-0.25, -0.2) is 0 Å². The zero-order valence-electron chi connectivity index (χ0n) is 11.0. The molecule has 16 heavy (non-hydrogen) atoms. The summed E-state index contributed by atoms with van der Waals surface area (Å²) in [5.74, 6) is 0.0599. The highest BCUT2D eigenvalue weighted by Crippen LogP contribution is 2.15. The van der Waals surface area contributed by atoms with E-state index >= 15 is 0 Å². The van der Waals surface area contributed by atoms with Crippen molar-refractivity contribution in [3.05, 3.63) is 0 Å². The van der Waals surface area contributed by atoms with Gasteiger partial charge in [-0.15, -0.1) is 0 Å². The second-order valence-electron chi connectivity index (χ2n) is 5.30. The molecule has 0 bridgehead atoms. The number of hydrogen-bond acceptors (Lipinski definition) is 3. The Balaban J connectivity index is 4.14. The van der Waals surface area contributed by atoms with E-state index in [2.05, 4.69) is 31.0 Å². The number of likely N-dealkylation sites (N-methyl/N-ethyl adjacent to an activating group) is 1. The Bertz CT molecular complexity index is 200. The van der Waals surface area contributed by atoms with Gasteiger partial charge < -0.3 is 10.4 Å². The Labute approximate surface area is 99.0 Å². The minimum absolute atomic E-state index is 0.0599. The van der Waals surface area contributed by atoms with Gasteiger partial charge in [0.2, 0.25) is 5.91 Å². The van der Waals surface area contributed by atoms with Crippen molar-refractivity contribution in [2.45, 2.75) is 34.1 Å². The molecule has 0 rings (SSSR count). The van der Waals surface area contributed by atoms with Gasteiger partial charge in [-0.1, -0.05) is 20.8 Å². The zero-order chi connectivity index (χ0) is 12.6. The molecule has 0 aliphatic carbocycles. The maximum absolute atomic E-state index is 11.5. The molecule has 0 aromatic rings. The molecule has 0 aliphatic rings. The molecule has 0 aromatic heterocycles. The summed E-state index contributed by atoms with van der Waals surface area (Å²) in [6, 6.07) is 0. The summed E-state index contributed by atoms with van der Waals surface area (Å²) < 4.78 is 0. The van der Waals surface area contributed by atoms with E-state index in [1.165, 1.54) is 0 Å². The van der Waals surface area contributed by atoms with Gasteiger partial charge in [-0.3, -0.25) is 9.69 Å². The first kappa shape index (κ1) is 15.4. The molecule has 0 saturated carbocycles. The number of hydrogen-bond donors (Lipinski definition) is 2. The number of nitrogens with zero attached hydrogens (tertiary/aromatic N) is 1. The minimum Gasteiger partial charge on any atom is -0.396 e. The van der Waals surface area contributed by atoms with Gasteiger partial charge in [0.1, 0.15) is 0 Å². The highest BCUT2D eigenvalue weighted by Gasteiger charge is 2.18. The van der Waals surface area contributed by atoms with Gasteiger partial charge >= 0.3 is 0 Å². The van der Waals surface area contributed by atoms with Crippen molar-refractivity contribution in [1.82, 2.24) is 10.2 Å². The normalized spacial score (nSPS) is 11.9. The summed E-state index contributed by atoms with van der Waals surface area (Å²) in [6.45, 7) is 11.3. The van der Waals surface area contributed by atoms with E-state index < -0.39 is 0 Å². The minimum atomic E-state index is 0.0599. The Morgan fingerprint density at radius 2 is 2.00 bits per heavy atom. The van der Waals surface area contributed by atoms with Crippen LogP contribution in [-0.4, -0.2) is 48.7 Å². The molecular formula is C12H26N2O2. The molecule has 0 aliphatic heterocycles. The molecule has 0 atom stereocenters. The first-order valence-electron chi connectivity index (χ1n) is 5.99. The SMILES string of the molecule is CCNC(=O)CN(CCCO)CC(C)(C)C. The Morgan fingerprint density at radius 1 is 1.38 bits per heavy atom. The molecule has 0 fully saturated rings. The highest BCUT2D eigenvalue weighted by atomic mass is 16.3. The van der Waals surface area contributed by atoms with Crippen LogP contribution in [-0.2, 0) is 4.79 Å². The van der Waals surface area contributed by atoms with E-state index in [1.807, 2.05) is 6.92 Å². The maximum Gasteiger partial charge on any atom is 0.234 e. The second kappa shape index (κ2) is 7.63. The van der Waals surface area contributed by atoms with Crippen molar-refractivity contribution in [1.29, 1.82) is 0 Å². The van der Waals surface area contributed by atoms with Crippen LogP contribution in [0.5, 0.6) is 0 Å². The summed E-state index contributed by atoms with van der Waals surface area (Å²) >= 11 is 0. The number of rotatable bonds is 7. The number of carbonyl (C=O) groups is 1. The molecule has 0 saturated heterocycles. The van der Waals surface area contributed by atoms with Gasteiger partial charge in [0, 0.05) is 26.2 Å². The van der Waals surface area contributed by atoms with Crippen LogP contribution < -0.4 is 5.32 Å². The van der Waals surface area contributed by atoms with Crippen molar-refractivity contribution in [2.24, 2.45) is 5.41 Å². The number of aliphatic hydroxyl groups is 1. The summed E-state index contributed by atoms with van der Waals surface area (Å²) in [5, 5.41) is 11.6. The largest absolute Gasteiger partial charge is 0.396 e. The van der Waals surface area contributed by atoms with E-state index in [4.69, 9.17) is 5.11 Å². The van der Waals surface area contributed by atoms with Gasteiger partial charge in [-0.2, -0.15) is 0 Å². The van der Waals surface area contributed by atoms with Crippen LogP contribution in [0.2, 0.25) is 0 Å². The van der Waals surface area contributed by atoms with Crippen molar-refractivity contribution < 1.29 is 9.90 Å². The number of nitrogens with one attached hydrogen (secondary N) is 1. The van der Waals surface area contributed by atoms with Crippen LogP contribution in [0.3, 0.4) is 0 Å². The maximum atomic E-state index is 11.5. The Kier molecular flexibility index (Phi) is 7.34. The topological polar surface area (TPSA) is 52.6 Å². The number of carbonyl (C=O) groups excluding carboxylic acids is 1. The molecule has 0 heterocycles. The molecule has 4 heteroatoms. The smallest absolute Gasteiger partial charge is 0.234 e. The molecule has 96 valence electrons. The third-order valence-electron chi connectivity index (χ3n) is 2.07. The molecule has 2 N–H and O–H groups in total. The Morgan fingerprint density at radius 3 is 2.44 bits per heavy atom. The molecular weight excluding hydrogens is 204 g/mol.